The average molecular weight is 430 g/mol. The summed E-state index contributed by atoms with van der Waals surface area (Å²) in [5.41, 5.74) is -1.26. The molecule has 8 heteroatoms. The van der Waals surface area contributed by atoms with Crippen molar-refractivity contribution in [1.82, 2.24) is 4.57 Å². The van der Waals surface area contributed by atoms with Crippen molar-refractivity contribution in [2.24, 2.45) is 0 Å². The molecule has 1 aliphatic heterocycles. The van der Waals surface area contributed by atoms with E-state index in [2.05, 4.69) is 0 Å². The fourth-order valence-electron chi connectivity index (χ4n) is 4.33. The SMILES string of the molecule is Cc1cc(N2C(=O)C(C)(C)c3c(F)c(C4CC4)cc(F)c32)c(=O)n(CCCC(=O)O)c1. The number of carboxylic acids is 1. The van der Waals surface area contributed by atoms with Gasteiger partial charge in [0.25, 0.3) is 5.56 Å². The summed E-state index contributed by atoms with van der Waals surface area (Å²) in [5, 5.41) is 8.85. The maximum Gasteiger partial charge on any atom is 0.303 e. The van der Waals surface area contributed by atoms with E-state index in [-0.39, 0.29) is 47.8 Å². The molecule has 2 aromatic rings. The number of aliphatic carboxylic acids is 1. The van der Waals surface area contributed by atoms with Gasteiger partial charge >= 0.3 is 5.97 Å². The third kappa shape index (κ3) is 3.43. The Hall–Kier alpha value is -3.03. The standard InChI is InChI=1S/C23H24F2N2O4/c1-12-9-16(21(30)26(11-12)8-4-5-17(28)29)27-20-15(24)10-14(13-6-7-13)19(25)18(20)23(2,3)22(27)31/h9-11,13H,4-8H2,1-3H3,(H,28,29). The van der Waals surface area contributed by atoms with Crippen LogP contribution < -0.4 is 10.5 Å². The summed E-state index contributed by atoms with van der Waals surface area (Å²) in [7, 11) is 0. The average Bonchev–Trinajstić information content (AvgIpc) is 3.49. The van der Waals surface area contributed by atoms with E-state index in [1.165, 1.54) is 24.5 Å². The molecule has 2 aliphatic rings. The van der Waals surface area contributed by atoms with E-state index in [9.17, 15) is 14.4 Å². The number of pyridine rings is 1. The van der Waals surface area contributed by atoms with Gasteiger partial charge in [0, 0.05) is 24.7 Å². The maximum atomic E-state index is 15.4. The first-order chi connectivity index (χ1) is 14.5. The number of hydrogen-bond donors (Lipinski definition) is 1. The third-order valence-electron chi connectivity index (χ3n) is 6.06. The molecule has 1 N–H and O–H groups in total. The minimum absolute atomic E-state index is 0.0160. The van der Waals surface area contributed by atoms with Crippen LogP contribution in [0.2, 0.25) is 0 Å². The maximum absolute atomic E-state index is 15.4. The number of halogens is 2. The molecule has 4 rings (SSSR count). The second kappa shape index (κ2) is 7.28. The van der Waals surface area contributed by atoms with Crippen molar-refractivity contribution in [3.63, 3.8) is 0 Å². The van der Waals surface area contributed by atoms with Crippen LogP contribution >= 0.6 is 0 Å². The van der Waals surface area contributed by atoms with Crippen LogP contribution in [0, 0.1) is 18.6 Å². The van der Waals surface area contributed by atoms with Gasteiger partial charge < -0.3 is 9.67 Å². The van der Waals surface area contributed by atoms with Crippen molar-refractivity contribution >= 4 is 23.3 Å². The van der Waals surface area contributed by atoms with Crippen LogP contribution in [0.25, 0.3) is 0 Å². The number of rotatable bonds is 6. The number of nitrogens with zero attached hydrogens (tertiary/aromatic N) is 2. The molecule has 1 aromatic carbocycles. The molecule has 1 saturated carbocycles. The zero-order valence-electron chi connectivity index (χ0n) is 17.7. The van der Waals surface area contributed by atoms with Crippen LogP contribution in [0.1, 0.15) is 62.1 Å². The number of benzene rings is 1. The Morgan fingerprint density at radius 3 is 2.52 bits per heavy atom. The Morgan fingerprint density at radius 2 is 1.90 bits per heavy atom. The van der Waals surface area contributed by atoms with Crippen LogP contribution in [0.5, 0.6) is 0 Å². The normalized spacial score (nSPS) is 17.2. The summed E-state index contributed by atoms with van der Waals surface area (Å²) in [5.74, 6) is -2.89. The molecule has 0 unspecified atom stereocenters. The van der Waals surface area contributed by atoms with Gasteiger partial charge in [-0.05, 0) is 69.2 Å². The van der Waals surface area contributed by atoms with Crippen molar-refractivity contribution < 1.29 is 23.5 Å². The van der Waals surface area contributed by atoms with E-state index in [0.29, 0.717) is 5.56 Å². The highest BCUT2D eigenvalue weighted by atomic mass is 19.1. The van der Waals surface area contributed by atoms with Gasteiger partial charge in [-0.1, -0.05) is 0 Å². The van der Waals surface area contributed by atoms with Crippen molar-refractivity contribution in [2.45, 2.75) is 64.3 Å². The molecule has 1 amide bonds. The molecule has 1 fully saturated rings. The number of carbonyl (C=O) groups is 2. The first-order valence-corrected chi connectivity index (χ1v) is 10.3. The topological polar surface area (TPSA) is 79.6 Å². The summed E-state index contributed by atoms with van der Waals surface area (Å²) in [6.45, 7) is 4.93. The zero-order valence-corrected chi connectivity index (χ0v) is 17.7. The Bertz CT molecular complexity index is 1170. The van der Waals surface area contributed by atoms with E-state index >= 15 is 8.78 Å². The van der Waals surface area contributed by atoms with Crippen LogP contribution in [-0.2, 0) is 21.5 Å². The largest absolute Gasteiger partial charge is 0.481 e. The molecule has 0 atom stereocenters. The van der Waals surface area contributed by atoms with Gasteiger partial charge in [-0.15, -0.1) is 0 Å². The summed E-state index contributed by atoms with van der Waals surface area (Å²) in [6, 6.07) is 2.62. The quantitative estimate of drug-likeness (QED) is 0.747. The molecular weight excluding hydrogens is 406 g/mol. The Labute approximate surface area is 178 Å². The second-order valence-corrected chi connectivity index (χ2v) is 8.92. The zero-order chi connectivity index (χ0) is 22.7. The molecule has 1 aromatic heterocycles. The molecule has 0 bridgehead atoms. The Balaban J connectivity index is 1.86. The molecule has 164 valence electrons. The van der Waals surface area contributed by atoms with E-state index in [1.807, 2.05) is 0 Å². The molecule has 1 aliphatic carbocycles. The summed E-state index contributed by atoms with van der Waals surface area (Å²) in [6.07, 6.45) is 3.24. The number of carbonyl (C=O) groups excluding carboxylic acids is 1. The molecule has 0 spiro atoms. The van der Waals surface area contributed by atoms with Gasteiger partial charge in [0.2, 0.25) is 5.91 Å². The van der Waals surface area contributed by atoms with Crippen LogP contribution in [0.3, 0.4) is 0 Å². The summed E-state index contributed by atoms with van der Waals surface area (Å²) < 4.78 is 32.0. The highest BCUT2D eigenvalue weighted by molar-refractivity contribution is 6.12. The van der Waals surface area contributed by atoms with Crippen LogP contribution in [-0.4, -0.2) is 21.6 Å². The van der Waals surface area contributed by atoms with Crippen LogP contribution in [0.15, 0.2) is 23.1 Å². The van der Waals surface area contributed by atoms with Crippen molar-refractivity contribution in [2.75, 3.05) is 4.90 Å². The van der Waals surface area contributed by atoms with Crippen molar-refractivity contribution in [3.8, 4) is 0 Å². The predicted octanol–water partition coefficient (Wildman–Crippen LogP) is 4.13. The number of fused-ring (bicyclic) bond motifs is 1. The molecule has 0 radical (unpaired) electrons. The van der Waals surface area contributed by atoms with Gasteiger partial charge in [0.15, 0.2) is 0 Å². The van der Waals surface area contributed by atoms with Gasteiger partial charge in [-0.25, -0.2) is 8.78 Å². The number of anilines is 2. The van der Waals surface area contributed by atoms with Gasteiger partial charge in [-0.3, -0.25) is 19.3 Å². The number of hydrogen-bond acceptors (Lipinski definition) is 3. The third-order valence-corrected chi connectivity index (χ3v) is 6.06. The van der Waals surface area contributed by atoms with Gasteiger partial charge in [0.05, 0.1) is 11.1 Å². The molecular formula is C23H24F2N2O4. The molecule has 2 heterocycles. The van der Waals surface area contributed by atoms with Crippen molar-refractivity contribution in [1.29, 1.82) is 0 Å². The van der Waals surface area contributed by atoms with Crippen LogP contribution in [0.4, 0.5) is 20.2 Å². The predicted molar refractivity (Wildman–Crippen MR) is 111 cm³/mol. The Morgan fingerprint density at radius 1 is 1.23 bits per heavy atom. The fraction of sp³-hybridized carbons (Fsp3) is 0.435. The lowest BCUT2D eigenvalue weighted by Gasteiger charge is -2.21. The smallest absolute Gasteiger partial charge is 0.303 e. The van der Waals surface area contributed by atoms with E-state index in [1.54, 1.807) is 13.1 Å². The molecule has 31 heavy (non-hydrogen) atoms. The fourth-order valence-corrected chi connectivity index (χ4v) is 4.33. The lowest BCUT2D eigenvalue weighted by Crippen LogP contribution is -2.37. The monoisotopic (exact) mass is 430 g/mol. The minimum atomic E-state index is -1.34. The van der Waals surface area contributed by atoms with Crippen molar-refractivity contribution in [3.05, 3.63) is 57.0 Å². The second-order valence-electron chi connectivity index (χ2n) is 8.92. The lowest BCUT2D eigenvalue weighted by atomic mass is 9.84. The summed E-state index contributed by atoms with van der Waals surface area (Å²) >= 11 is 0. The van der Waals surface area contributed by atoms with Gasteiger partial charge in [-0.2, -0.15) is 0 Å². The number of carboxylic acid groups (broad SMARTS) is 1. The molecule has 0 saturated heterocycles. The first-order valence-electron chi connectivity index (χ1n) is 10.3. The minimum Gasteiger partial charge on any atom is -0.481 e. The number of aromatic nitrogens is 1. The molecule has 6 nitrogen and oxygen atoms in total. The van der Waals surface area contributed by atoms with E-state index in [0.717, 1.165) is 23.8 Å². The summed E-state index contributed by atoms with van der Waals surface area (Å²) in [4.78, 5) is 38.3. The van der Waals surface area contributed by atoms with E-state index in [4.69, 9.17) is 5.11 Å². The highest BCUT2D eigenvalue weighted by Crippen LogP contribution is 2.51. The lowest BCUT2D eigenvalue weighted by molar-refractivity contribution is -0.137. The number of amides is 1. The van der Waals surface area contributed by atoms with E-state index < -0.39 is 34.5 Å². The number of aryl methyl sites for hydroxylation is 2. The first kappa shape index (κ1) is 21.2. The Kier molecular flexibility index (Phi) is 4.98. The van der Waals surface area contributed by atoms with Gasteiger partial charge in [0.1, 0.15) is 17.3 Å². The highest BCUT2D eigenvalue weighted by Gasteiger charge is 2.50.